The number of rotatable bonds is 8. The first kappa shape index (κ1) is 38.6. The predicted molar refractivity (Wildman–Crippen MR) is 204 cm³/mol. The molecule has 0 saturated carbocycles. The fourth-order valence-corrected chi connectivity index (χ4v) is 7.33. The van der Waals surface area contributed by atoms with E-state index in [1.807, 2.05) is 63.2 Å². The number of sulfonamides is 1. The summed E-state index contributed by atoms with van der Waals surface area (Å²) in [5.41, 5.74) is 2.01. The summed E-state index contributed by atoms with van der Waals surface area (Å²) >= 11 is 0. The summed E-state index contributed by atoms with van der Waals surface area (Å²) in [5.74, 6) is -0.363. The number of fused-ring (bicyclic) bond motifs is 2. The molecule has 1 heterocycles. The standard InChI is InChI=1S/C40H50N4O7S/c1-27-16-19-33(20-17-27)52(48,49)42-32-18-21-37-35(23-32)39(46)44(29(3)26-45)24-28(2)38(50-22-9-8-11-30(4)51-37)25-43(5)40(47)41-36-15-10-13-31-12-6-7-14-34(31)36/h6-7,10,12-21,23,28-30,38,42,45H,8-9,11,22,24-26H2,1-5H3,(H,41,47)/t28-,29+,30-,38+/m0/s1. The number of nitrogens with one attached hydrogen (secondary N) is 2. The third kappa shape index (κ3) is 9.61. The molecule has 0 aliphatic carbocycles. The monoisotopic (exact) mass is 730 g/mol. The summed E-state index contributed by atoms with van der Waals surface area (Å²) in [5, 5.41) is 15.3. The van der Waals surface area contributed by atoms with Crippen LogP contribution in [0, 0.1) is 12.8 Å². The summed E-state index contributed by atoms with van der Waals surface area (Å²) in [4.78, 5) is 31.2. The summed E-state index contributed by atoms with van der Waals surface area (Å²) < 4.78 is 41.9. The molecule has 5 rings (SSSR count). The molecule has 0 unspecified atom stereocenters. The Bertz CT molecular complexity index is 1950. The van der Waals surface area contributed by atoms with Crippen LogP contribution in [0.1, 0.15) is 56.0 Å². The molecular formula is C40H50N4O7S. The summed E-state index contributed by atoms with van der Waals surface area (Å²) in [6.07, 6.45) is 1.60. The number of amides is 3. The van der Waals surface area contributed by atoms with E-state index < -0.39 is 28.1 Å². The van der Waals surface area contributed by atoms with E-state index in [2.05, 4.69) is 10.0 Å². The average Bonchev–Trinajstić information content (AvgIpc) is 3.12. The number of aliphatic hydroxyl groups excluding tert-OH is 1. The molecule has 3 N–H and O–H groups in total. The van der Waals surface area contributed by atoms with Crippen molar-refractivity contribution in [2.24, 2.45) is 5.92 Å². The Labute approximate surface area is 307 Å². The topological polar surface area (TPSA) is 138 Å². The van der Waals surface area contributed by atoms with Crippen molar-refractivity contribution in [3.63, 3.8) is 0 Å². The molecule has 4 aromatic carbocycles. The number of aliphatic hydroxyl groups is 1. The van der Waals surface area contributed by atoms with Crippen molar-refractivity contribution in [1.29, 1.82) is 0 Å². The number of hydrogen-bond acceptors (Lipinski definition) is 7. The first-order chi connectivity index (χ1) is 24.9. The Balaban J connectivity index is 1.40. The minimum Gasteiger partial charge on any atom is -0.490 e. The third-order valence-electron chi connectivity index (χ3n) is 9.47. The molecule has 12 heteroatoms. The first-order valence-electron chi connectivity index (χ1n) is 17.8. The van der Waals surface area contributed by atoms with Gasteiger partial charge in [-0.2, -0.15) is 0 Å². The Morgan fingerprint density at radius 3 is 2.50 bits per heavy atom. The minimum atomic E-state index is -3.94. The second kappa shape index (κ2) is 17.2. The van der Waals surface area contributed by atoms with Crippen molar-refractivity contribution in [3.05, 3.63) is 96.1 Å². The molecule has 0 bridgehead atoms. The van der Waals surface area contributed by atoms with Crippen LogP contribution in [-0.2, 0) is 14.8 Å². The molecule has 3 amide bonds. The maximum Gasteiger partial charge on any atom is 0.321 e. The third-order valence-corrected chi connectivity index (χ3v) is 10.9. The fourth-order valence-electron chi connectivity index (χ4n) is 6.28. The van der Waals surface area contributed by atoms with E-state index in [1.54, 1.807) is 48.0 Å². The Hall–Kier alpha value is -4.65. The second-order valence-electron chi connectivity index (χ2n) is 13.8. The molecule has 1 aliphatic heterocycles. The maximum atomic E-state index is 14.5. The van der Waals surface area contributed by atoms with Gasteiger partial charge >= 0.3 is 6.03 Å². The lowest BCUT2D eigenvalue weighted by Gasteiger charge is -2.35. The maximum absolute atomic E-state index is 14.5. The van der Waals surface area contributed by atoms with Crippen LogP contribution in [0.5, 0.6) is 5.75 Å². The van der Waals surface area contributed by atoms with Crippen molar-refractivity contribution in [2.45, 2.75) is 70.1 Å². The van der Waals surface area contributed by atoms with E-state index >= 15 is 0 Å². The SMILES string of the molecule is Cc1ccc(S(=O)(=O)Nc2ccc3c(c2)C(=O)N([C@H](C)CO)C[C@H](C)[C@@H](CN(C)C(=O)Nc2cccc4ccccc24)OCCCC[C@H](C)O3)cc1. The number of ether oxygens (including phenoxy) is 2. The average molecular weight is 731 g/mol. The quantitative estimate of drug-likeness (QED) is 0.179. The van der Waals surface area contributed by atoms with E-state index in [0.717, 1.165) is 29.2 Å². The van der Waals surface area contributed by atoms with E-state index in [4.69, 9.17) is 9.47 Å². The number of carbonyl (C=O) groups is 2. The number of benzene rings is 4. The van der Waals surface area contributed by atoms with Crippen molar-refractivity contribution < 1.29 is 32.6 Å². The highest BCUT2D eigenvalue weighted by atomic mass is 32.2. The smallest absolute Gasteiger partial charge is 0.321 e. The normalized spacial score (nSPS) is 19.5. The van der Waals surface area contributed by atoms with E-state index in [-0.39, 0.29) is 53.9 Å². The molecule has 278 valence electrons. The molecule has 0 spiro atoms. The van der Waals surface area contributed by atoms with Crippen molar-refractivity contribution >= 4 is 44.1 Å². The second-order valence-corrected chi connectivity index (χ2v) is 15.4. The highest BCUT2D eigenvalue weighted by Gasteiger charge is 2.31. The van der Waals surface area contributed by atoms with Crippen LogP contribution in [0.15, 0.2) is 89.8 Å². The molecule has 11 nitrogen and oxygen atoms in total. The van der Waals surface area contributed by atoms with Crippen molar-refractivity contribution in [1.82, 2.24) is 9.80 Å². The number of hydrogen-bond donors (Lipinski definition) is 3. The van der Waals surface area contributed by atoms with Crippen LogP contribution < -0.4 is 14.8 Å². The van der Waals surface area contributed by atoms with Crippen LogP contribution in [0.25, 0.3) is 10.8 Å². The molecule has 52 heavy (non-hydrogen) atoms. The molecule has 1 aliphatic rings. The first-order valence-corrected chi connectivity index (χ1v) is 19.3. The van der Waals surface area contributed by atoms with Crippen LogP contribution in [0.3, 0.4) is 0 Å². The van der Waals surface area contributed by atoms with Gasteiger partial charge in [0.15, 0.2) is 0 Å². The van der Waals surface area contributed by atoms with Gasteiger partial charge in [-0.1, -0.05) is 61.0 Å². The molecule has 0 aromatic heterocycles. The highest BCUT2D eigenvalue weighted by molar-refractivity contribution is 7.92. The van der Waals surface area contributed by atoms with E-state index in [0.29, 0.717) is 24.5 Å². The van der Waals surface area contributed by atoms with Gasteiger partial charge in [0.05, 0.1) is 41.0 Å². The number of aryl methyl sites for hydroxylation is 1. The van der Waals surface area contributed by atoms with Crippen molar-refractivity contribution in [2.75, 3.05) is 43.4 Å². The zero-order valence-electron chi connectivity index (χ0n) is 30.5. The zero-order chi connectivity index (χ0) is 37.4. The van der Waals surface area contributed by atoms with Crippen LogP contribution in [0.2, 0.25) is 0 Å². The minimum absolute atomic E-state index is 0.0977. The summed E-state index contributed by atoms with van der Waals surface area (Å²) in [6.45, 7) is 8.13. The van der Waals surface area contributed by atoms with Gasteiger partial charge in [-0.15, -0.1) is 0 Å². The molecule has 0 radical (unpaired) electrons. The van der Waals surface area contributed by atoms with E-state index in [1.165, 1.54) is 18.2 Å². The van der Waals surface area contributed by atoms with Gasteiger partial charge in [-0.3, -0.25) is 9.52 Å². The van der Waals surface area contributed by atoms with Gasteiger partial charge in [0, 0.05) is 43.7 Å². The predicted octanol–water partition coefficient (Wildman–Crippen LogP) is 6.91. The largest absolute Gasteiger partial charge is 0.490 e. The van der Waals surface area contributed by atoms with Crippen LogP contribution in [0.4, 0.5) is 16.2 Å². The molecule has 4 aromatic rings. The number of anilines is 2. The van der Waals surface area contributed by atoms with Gasteiger partial charge in [-0.05, 0) is 81.8 Å². The van der Waals surface area contributed by atoms with Crippen molar-refractivity contribution in [3.8, 4) is 5.75 Å². The van der Waals surface area contributed by atoms with Crippen LogP contribution >= 0.6 is 0 Å². The van der Waals surface area contributed by atoms with Gasteiger partial charge in [-0.25, -0.2) is 13.2 Å². The Morgan fingerprint density at radius 2 is 1.75 bits per heavy atom. The van der Waals surface area contributed by atoms with Gasteiger partial charge in [0.1, 0.15) is 5.75 Å². The zero-order valence-corrected chi connectivity index (χ0v) is 31.4. The molecule has 0 saturated heterocycles. The van der Waals surface area contributed by atoms with Gasteiger partial charge in [0.25, 0.3) is 15.9 Å². The number of likely N-dealkylation sites (N-methyl/N-ethyl adjacent to an activating group) is 1. The van der Waals surface area contributed by atoms with Gasteiger partial charge < -0.3 is 29.7 Å². The molecular weight excluding hydrogens is 681 g/mol. The summed E-state index contributed by atoms with van der Waals surface area (Å²) in [6, 6.07) is 23.9. The summed E-state index contributed by atoms with van der Waals surface area (Å²) in [7, 11) is -2.23. The lowest BCUT2D eigenvalue weighted by atomic mass is 10.0. The van der Waals surface area contributed by atoms with Gasteiger partial charge in [0.2, 0.25) is 0 Å². The highest BCUT2D eigenvalue weighted by Crippen LogP contribution is 2.30. The van der Waals surface area contributed by atoms with E-state index in [9.17, 15) is 23.1 Å². The number of urea groups is 1. The molecule has 4 atom stereocenters. The Morgan fingerprint density at radius 1 is 1.02 bits per heavy atom. The number of carbonyl (C=O) groups excluding carboxylic acids is 2. The fraction of sp³-hybridized carbons (Fsp3) is 0.400. The lowest BCUT2D eigenvalue weighted by Crippen LogP contribution is -2.48. The Kier molecular flexibility index (Phi) is 12.8. The molecule has 0 fully saturated rings. The number of nitrogens with zero attached hydrogens (tertiary/aromatic N) is 2. The lowest BCUT2D eigenvalue weighted by molar-refractivity contribution is -0.0115. The van der Waals surface area contributed by atoms with Crippen LogP contribution in [-0.4, -0.2) is 86.9 Å².